The fraction of sp³-hybridized carbons (Fsp3) is 0.200. The van der Waals surface area contributed by atoms with Crippen molar-refractivity contribution in [2.24, 2.45) is 5.73 Å². The lowest BCUT2D eigenvalue weighted by Gasteiger charge is -1.98. The summed E-state index contributed by atoms with van der Waals surface area (Å²) in [5.74, 6) is 0. The van der Waals surface area contributed by atoms with Crippen LogP contribution in [0.3, 0.4) is 0 Å². The molecule has 0 fully saturated rings. The molecule has 0 unspecified atom stereocenters. The first-order chi connectivity index (χ1) is 6.31. The van der Waals surface area contributed by atoms with Crippen molar-refractivity contribution in [1.82, 2.24) is 0 Å². The normalized spacial score (nSPS) is 10.9. The van der Waals surface area contributed by atoms with E-state index in [9.17, 15) is 0 Å². The fourth-order valence-corrected chi connectivity index (χ4v) is 1.85. The second-order valence-electron chi connectivity index (χ2n) is 2.92. The number of rotatable bonds is 2. The molecular formula is C10H10BrNO. The highest BCUT2D eigenvalue weighted by atomic mass is 79.9. The molecule has 13 heavy (non-hydrogen) atoms. The molecule has 68 valence electrons. The largest absolute Gasteiger partial charge is 0.449 e. The minimum Gasteiger partial charge on any atom is -0.449 e. The zero-order valence-electron chi connectivity index (χ0n) is 7.09. The Bertz CT molecular complexity index is 422. The van der Waals surface area contributed by atoms with E-state index in [1.807, 2.05) is 24.3 Å². The standard InChI is InChI=1S/C10H10BrNO/c11-9-6-8-3-1-2-7(4-5-12)10(8)13-9/h1-3,6H,4-5,12H2. The van der Waals surface area contributed by atoms with E-state index in [1.54, 1.807) is 0 Å². The number of benzene rings is 1. The van der Waals surface area contributed by atoms with Crippen molar-refractivity contribution in [2.45, 2.75) is 6.42 Å². The average Bonchev–Trinajstić information content (AvgIpc) is 2.47. The smallest absolute Gasteiger partial charge is 0.170 e. The van der Waals surface area contributed by atoms with E-state index in [2.05, 4.69) is 15.9 Å². The summed E-state index contributed by atoms with van der Waals surface area (Å²) in [5.41, 5.74) is 7.62. The first-order valence-corrected chi connectivity index (χ1v) is 4.97. The van der Waals surface area contributed by atoms with Crippen LogP contribution in [-0.2, 0) is 6.42 Å². The summed E-state index contributed by atoms with van der Waals surface area (Å²) in [5, 5.41) is 1.12. The van der Waals surface area contributed by atoms with Crippen molar-refractivity contribution in [3.05, 3.63) is 34.5 Å². The molecular weight excluding hydrogens is 230 g/mol. The second kappa shape index (κ2) is 3.52. The van der Waals surface area contributed by atoms with Crippen molar-refractivity contribution < 1.29 is 4.42 Å². The minimum absolute atomic E-state index is 0.650. The Balaban J connectivity index is 2.60. The number of furan rings is 1. The lowest BCUT2D eigenvalue weighted by molar-refractivity contribution is 0.583. The molecule has 0 spiro atoms. The van der Waals surface area contributed by atoms with Gasteiger partial charge < -0.3 is 10.2 Å². The molecule has 0 aliphatic heterocycles. The van der Waals surface area contributed by atoms with E-state index in [1.165, 1.54) is 5.56 Å². The van der Waals surface area contributed by atoms with E-state index < -0.39 is 0 Å². The van der Waals surface area contributed by atoms with Gasteiger partial charge in [-0.15, -0.1) is 0 Å². The van der Waals surface area contributed by atoms with Crippen LogP contribution in [0.15, 0.2) is 33.4 Å². The predicted octanol–water partition coefficient (Wildman–Crippen LogP) is 2.70. The Hall–Kier alpha value is -0.800. The number of hydrogen-bond acceptors (Lipinski definition) is 2. The number of nitrogens with two attached hydrogens (primary N) is 1. The summed E-state index contributed by atoms with van der Waals surface area (Å²) in [4.78, 5) is 0. The number of hydrogen-bond donors (Lipinski definition) is 1. The third-order valence-electron chi connectivity index (χ3n) is 2.01. The molecule has 2 N–H and O–H groups in total. The molecule has 2 rings (SSSR count). The van der Waals surface area contributed by atoms with Gasteiger partial charge in [0.15, 0.2) is 4.67 Å². The molecule has 1 aromatic heterocycles. The third-order valence-corrected chi connectivity index (χ3v) is 2.40. The quantitative estimate of drug-likeness (QED) is 0.876. The van der Waals surface area contributed by atoms with E-state index in [-0.39, 0.29) is 0 Å². The van der Waals surface area contributed by atoms with Crippen molar-refractivity contribution in [3.8, 4) is 0 Å². The van der Waals surface area contributed by atoms with Crippen LogP contribution < -0.4 is 5.73 Å². The Morgan fingerprint density at radius 3 is 3.00 bits per heavy atom. The van der Waals surface area contributed by atoms with Gasteiger partial charge in [0, 0.05) is 5.39 Å². The molecule has 0 aliphatic carbocycles. The first-order valence-electron chi connectivity index (χ1n) is 4.18. The zero-order chi connectivity index (χ0) is 9.26. The molecule has 2 nitrogen and oxygen atoms in total. The van der Waals surface area contributed by atoms with Crippen LogP contribution in [0.1, 0.15) is 5.56 Å². The molecule has 0 saturated heterocycles. The molecule has 0 aliphatic rings. The summed E-state index contributed by atoms with van der Waals surface area (Å²) in [6.45, 7) is 0.650. The lowest BCUT2D eigenvalue weighted by atomic mass is 10.1. The van der Waals surface area contributed by atoms with E-state index in [4.69, 9.17) is 10.2 Å². The monoisotopic (exact) mass is 239 g/mol. The molecule has 0 amide bonds. The van der Waals surface area contributed by atoms with Gasteiger partial charge in [-0.3, -0.25) is 0 Å². The third kappa shape index (κ3) is 1.62. The van der Waals surface area contributed by atoms with Crippen LogP contribution in [0.25, 0.3) is 11.0 Å². The summed E-state index contributed by atoms with van der Waals surface area (Å²) in [7, 11) is 0. The van der Waals surface area contributed by atoms with Crippen molar-refractivity contribution in [2.75, 3.05) is 6.54 Å². The highest BCUT2D eigenvalue weighted by Crippen LogP contribution is 2.26. The van der Waals surface area contributed by atoms with Gasteiger partial charge >= 0.3 is 0 Å². The topological polar surface area (TPSA) is 39.2 Å². The predicted molar refractivity (Wildman–Crippen MR) is 56.7 cm³/mol. The van der Waals surface area contributed by atoms with Gasteiger partial charge in [0.1, 0.15) is 5.58 Å². The van der Waals surface area contributed by atoms with Crippen molar-refractivity contribution in [3.63, 3.8) is 0 Å². The van der Waals surface area contributed by atoms with Crippen molar-refractivity contribution >= 4 is 26.9 Å². The Labute approximate surface area is 84.8 Å². The van der Waals surface area contributed by atoms with Gasteiger partial charge in [-0.25, -0.2) is 0 Å². The van der Waals surface area contributed by atoms with Gasteiger partial charge in [-0.1, -0.05) is 18.2 Å². The van der Waals surface area contributed by atoms with E-state index in [0.717, 1.165) is 22.1 Å². The highest BCUT2D eigenvalue weighted by molar-refractivity contribution is 9.10. The Kier molecular flexibility index (Phi) is 2.38. The molecule has 0 bridgehead atoms. The zero-order valence-corrected chi connectivity index (χ0v) is 8.67. The second-order valence-corrected chi connectivity index (χ2v) is 3.71. The van der Waals surface area contributed by atoms with Crippen LogP contribution in [0.5, 0.6) is 0 Å². The van der Waals surface area contributed by atoms with Gasteiger partial charge in [0.2, 0.25) is 0 Å². The van der Waals surface area contributed by atoms with E-state index in [0.29, 0.717) is 6.54 Å². The summed E-state index contributed by atoms with van der Waals surface area (Å²) >= 11 is 3.31. The summed E-state index contributed by atoms with van der Waals surface area (Å²) in [6, 6.07) is 8.07. The lowest BCUT2D eigenvalue weighted by Crippen LogP contribution is -2.02. The van der Waals surface area contributed by atoms with Crippen LogP contribution in [0.4, 0.5) is 0 Å². The van der Waals surface area contributed by atoms with Gasteiger partial charge in [0.05, 0.1) is 0 Å². The average molecular weight is 240 g/mol. The van der Waals surface area contributed by atoms with Crippen LogP contribution in [0, 0.1) is 0 Å². The summed E-state index contributed by atoms with van der Waals surface area (Å²) < 4.78 is 6.28. The van der Waals surface area contributed by atoms with Crippen LogP contribution in [-0.4, -0.2) is 6.54 Å². The van der Waals surface area contributed by atoms with Gasteiger partial charge in [-0.2, -0.15) is 0 Å². The van der Waals surface area contributed by atoms with Crippen LogP contribution in [0.2, 0.25) is 0 Å². The fourth-order valence-electron chi connectivity index (χ4n) is 1.44. The van der Waals surface area contributed by atoms with E-state index >= 15 is 0 Å². The molecule has 0 atom stereocenters. The van der Waals surface area contributed by atoms with Crippen LogP contribution >= 0.6 is 15.9 Å². The number of para-hydroxylation sites is 1. The maximum atomic E-state index is 5.51. The molecule has 1 heterocycles. The van der Waals surface area contributed by atoms with Gasteiger partial charge in [0.25, 0.3) is 0 Å². The maximum Gasteiger partial charge on any atom is 0.170 e. The first kappa shape index (κ1) is 8.78. The number of fused-ring (bicyclic) bond motifs is 1. The molecule has 0 radical (unpaired) electrons. The SMILES string of the molecule is NCCc1cccc2cc(Br)oc12. The Morgan fingerprint density at radius 2 is 2.23 bits per heavy atom. The van der Waals surface area contributed by atoms with Gasteiger partial charge in [-0.05, 0) is 40.5 Å². The highest BCUT2D eigenvalue weighted by Gasteiger charge is 2.05. The molecule has 2 aromatic rings. The summed E-state index contributed by atoms with van der Waals surface area (Å²) in [6.07, 6.45) is 0.858. The minimum atomic E-state index is 0.650. The number of halogens is 1. The molecule has 3 heteroatoms. The maximum absolute atomic E-state index is 5.51. The Morgan fingerprint density at radius 1 is 1.38 bits per heavy atom. The molecule has 0 saturated carbocycles. The van der Waals surface area contributed by atoms with Crippen molar-refractivity contribution in [1.29, 1.82) is 0 Å². The molecule has 1 aromatic carbocycles.